The molecule has 113 heavy (non-hydrogen) atoms. The van der Waals surface area contributed by atoms with Crippen molar-refractivity contribution >= 4 is 111 Å². The Morgan fingerprint density at radius 1 is 0.504 bits per heavy atom. The SMILES string of the molecule is CC(C)[C@H](NC(=O)[C@H](CCC(=O)O)NC(=O)[C@@H](N)CCC(=O)O)C(=O)N[C@](C)(O)CC(=O)N[C@](C)(O)CC(=O)N[C@@H](Cc1ccccc1)C(=O)N[C@@H](CCC(=O)O)C(=O)N[C@@H](Cc1ccc(O)cc1)C(=O)N[C@@H](CCC(=O)O)C(=O)N[C@@H](Cc1ccc(OS(N)(=O)=O)cc1)C(=O)NCC(=O)N[C@@H](C)C(=O)N1CCC[C@H]1C(N)=O. The Kier molecular flexibility index (Phi) is 36.0. The van der Waals surface area contributed by atoms with Gasteiger partial charge in [-0.1, -0.05) is 68.4 Å². The Hall–Kier alpha value is -12.0. The minimum Gasteiger partial charge on any atom is -0.508 e. The van der Waals surface area contributed by atoms with Gasteiger partial charge < -0.3 is 115 Å². The van der Waals surface area contributed by atoms with Gasteiger partial charge in [0.2, 0.25) is 76.8 Å². The lowest BCUT2D eigenvalue weighted by Gasteiger charge is -2.31. The van der Waals surface area contributed by atoms with E-state index in [4.69, 9.17) is 21.7 Å². The number of aromatic hydroxyl groups is 1. The molecule has 3 aromatic rings. The highest BCUT2D eigenvalue weighted by molar-refractivity contribution is 7.84. The fraction of sp³-hybridized carbons (Fsp3) is 0.500. The number of hydrogen-bond donors (Lipinski definition) is 21. The number of likely N-dealkylation sites (tertiary alicyclic amines) is 1. The third-order valence-electron chi connectivity index (χ3n) is 17.1. The van der Waals surface area contributed by atoms with Crippen molar-refractivity contribution in [2.75, 3.05) is 13.1 Å². The molecule has 0 spiro atoms. The van der Waals surface area contributed by atoms with E-state index in [9.17, 15) is 121 Å². The van der Waals surface area contributed by atoms with Crippen LogP contribution >= 0.6 is 0 Å². The van der Waals surface area contributed by atoms with Crippen LogP contribution in [-0.2, 0) is 111 Å². The van der Waals surface area contributed by atoms with E-state index >= 15 is 0 Å². The number of benzene rings is 3. The molecule has 3 aromatic carbocycles. The van der Waals surface area contributed by atoms with Gasteiger partial charge in [-0.25, -0.2) is 0 Å². The summed E-state index contributed by atoms with van der Waals surface area (Å²) in [6.07, 6.45) is -7.94. The summed E-state index contributed by atoms with van der Waals surface area (Å²) in [5.41, 5.74) is 6.94. The molecule has 0 aliphatic carbocycles. The van der Waals surface area contributed by atoms with Crippen LogP contribution in [0.5, 0.6) is 11.5 Å². The molecule has 4 rings (SSSR count). The van der Waals surface area contributed by atoms with Crippen molar-refractivity contribution in [2.24, 2.45) is 22.5 Å². The van der Waals surface area contributed by atoms with Gasteiger partial charge in [-0.2, -0.15) is 13.6 Å². The zero-order chi connectivity index (χ0) is 84.8. The molecule has 24 N–H and O–H groups in total. The van der Waals surface area contributed by atoms with Crippen LogP contribution in [0.2, 0.25) is 0 Å². The molecule has 620 valence electrons. The first-order valence-electron chi connectivity index (χ1n) is 35.3. The summed E-state index contributed by atoms with van der Waals surface area (Å²) in [6.45, 7) is 5.43. The molecule has 0 aromatic heterocycles. The minimum atomic E-state index is -4.52. The van der Waals surface area contributed by atoms with Crippen molar-refractivity contribution in [1.82, 2.24) is 63.4 Å². The molecule has 43 heteroatoms. The molecule has 1 aliphatic heterocycles. The number of aliphatic carboxylic acids is 4. The zero-order valence-electron chi connectivity index (χ0n) is 62.3. The maximum absolute atomic E-state index is 14.7. The van der Waals surface area contributed by atoms with Crippen molar-refractivity contribution in [2.45, 2.75) is 203 Å². The largest absolute Gasteiger partial charge is 0.508 e. The number of phenols is 1. The number of rotatable bonds is 47. The average molecular weight is 1610 g/mol. The number of carbonyl (C=O) groups excluding carboxylic acids is 13. The molecule has 0 unspecified atom stereocenters. The number of hydrogen-bond acceptors (Lipinski definition) is 24. The number of carbonyl (C=O) groups is 17. The zero-order valence-corrected chi connectivity index (χ0v) is 63.1. The van der Waals surface area contributed by atoms with E-state index in [1.165, 1.54) is 74.2 Å². The minimum absolute atomic E-state index is 0.168. The van der Waals surface area contributed by atoms with Gasteiger partial charge in [0, 0.05) is 51.5 Å². The summed E-state index contributed by atoms with van der Waals surface area (Å²) in [6, 6.07) is 1.66. The van der Waals surface area contributed by atoms with E-state index in [2.05, 4.69) is 62.7 Å². The number of carboxylic acid groups (broad SMARTS) is 4. The van der Waals surface area contributed by atoms with E-state index in [1.54, 1.807) is 18.2 Å². The second-order valence-corrected chi connectivity index (χ2v) is 28.7. The van der Waals surface area contributed by atoms with Gasteiger partial charge in [0.05, 0.1) is 25.4 Å². The molecular weight excluding hydrogens is 1510 g/mol. The number of nitrogens with one attached hydrogen (secondary N) is 11. The van der Waals surface area contributed by atoms with E-state index in [1.807, 2.05) is 0 Å². The summed E-state index contributed by atoms with van der Waals surface area (Å²) in [5, 5.41) is 101. The first kappa shape index (κ1) is 93.4. The molecule has 12 atom stereocenters. The van der Waals surface area contributed by atoms with Crippen molar-refractivity contribution in [1.29, 1.82) is 0 Å². The van der Waals surface area contributed by atoms with Gasteiger partial charge >= 0.3 is 34.2 Å². The standard InChI is InChI=1S/C70H97N15O27S/c1-36(2)58(82-64(103)46(24-28-57(96)97)77-60(99)43(71)21-25-54(90)91)67(106)84-70(5,109)34-52(88)83-69(4,108)33-51(87)76-48(30-38-10-7-6-8-11-38)65(104)78-45(23-27-56(94)95)63(102)81-49(32-39-13-17-41(86)18-14-39)66(105)79-44(22-26-55(92)93)62(101)80-47(31-40-15-19-42(20-16-40)112-113(73,110)111)61(100)74-35-53(89)75-37(3)68(107)85-29-9-12-50(85)59(72)98/h6-8,10-11,13-20,36-37,43-50,58,86,108-109H,9,12,21-35,71H2,1-5H3,(H2,72,98)(H,74,100)(H,75,89)(H,76,87)(H,77,99)(H,78,104)(H,79,105)(H,80,101)(H,81,102)(H,82,103)(H,83,88)(H,84,106)(H,90,91)(H,92,93)(H,94,95)(H,96,97)(H2,73,110,111)/t37-,43-,44-,45-,46-,47-,48-,49-,50-,58-,69+,70+/m0/s1. The molecule has 1 fully saturated rings. The average Bonchev–Trinajstić information content (AvgIpc) is 1.74. The predicted octanol–water partition coefficient (Wildman–Crippen LogP) is -5.63. The number of primary amides is 1. The second-order valence-electron chi connectivity index (χ2n) is 27.5. The fourth-order valence-corrected chi connectivity index (χ4v) is 11.8. The number of nitrogens with two attached hydrogens (primary N) is 3. The lowest BCUT2D eigenvalue weighted by atomic mass is 10.0. The predicted molar refractivity (Wildman–Crippen MR) is 391 cm³/mol. The van der Waals surface area contributed by atoms with Crippen LogP contribution in [-0.4, -0.2) is 235 Å². The molecule has 0 saturated carbocycles. The van der Waals surface area contributed by atoms with Gasteiger partial charge in [-0.3, -0.25) is 81.5 Å². The lowest BCUT2D eigenvalue weighted by molar-refractivity contribution is -0.143. The van der Waals surface area contributed by atoms with Crippen molar-refractivity contribution in [3.8, 4) is 11.5 Å². The summed E-state index contributed by atoms with van der Waals surface area (Å²) in [7, 11) is -4.52. The van der Waals surface area contributed by atoms with Crippen LogP contribution in [0.3, 0.4) is 0 Å². The highest BCUT2D eigenvalue weighted by Gasteiger charge is 2.40. The number of phenolic OH excluding ortho intramolecular Hbond substituents is 1. The monoisotopic (exact) mass is 1610 g/mol. The van der Waals surface area contributed by atoms with Gasteiger partial charge in [-0.15, -0.1) is 0 Å². The van der Waals surface area contributed by atoms with Crippen LogP contribution in [0.15, 0.2) is 78.9 Å². The number of aliphatic hydroxyl groups is 2. The Bertz CT molecular complexity index is 4060. The molecule has 42 nitrogen and oxygen atoms in total. The van der Waals surface area contributed by atoms with E-state index in [0.29, 0.717) is 12.0 Å². The van der Waals surface area contributed by atoms with Crippen molar-refractivity contribution < 1.29 is 130 Å². The van der Waals surface area contributed by atoms with E-state index in [0.717, 1.165) is 26.0 Å². The molecule has 1 heterocycles. The van der Waals surface area contributed by atoms with E-state index in [-0.39, 0.29) is 48.4 Å². The molecule has 0 bridgehead atoms. The van der Waals surface area contributed by atoms with Crippen LogP contribution in [0.25, 0.3) is 0 Å². The summed E-state index contributed by atoms with van der Waals surface area (Å²) < 4.78 is 28.0. The highest BCUT2D eigenvalue weighted by Crippen LogP contribution is 2.21. The highest BCUT2D eigenvalue weighted by atomic mass is 32.2. The van der Waals surface area contributed by atoms with Crippen LogP contribution < -0.4 is 79.3 Å². The number of carboxylic acids is 4. The number of nitrogens with zero attached hydrogens (tertiary/aromatic N) is 1. The van der Waals surface area contributed by atoms with E-state index < -0.39 is 266 Å². The Morgan fingerprint density at radius 2 is 0.912 bits per heavy atom. The normalized spacial score (nSPS) is 16.0. The molecular formula is C70H97N15O27S. The third-order valence-corrected chi connectivity index (χ3v) is 17.5. The summed E-state index contributed by atoms with van der Waals surface area (Å²) in [4.78, 5) is 226. The Balaban J connectivity index is 1.59. The first-order chi connectivity index (χ1) is 52.7. The van der Waals surface area contributed by atoms with Crippen molar-refractivity contribution in [3.63, 3.8) is 0 Å². The van der Waals surface area contributed by atoms with Gasteiger partial charge in [0.1, 0.15) is 77.3 Å². The van der Waals surface area contributed by atoms with Crippen LogP contribution in [0, 0.1) is 5.92 Å². The third kappa shape index (κ3) is 34.1. The van der Waals surface area contributed by atoms with Crippen LogP contribution in [0.1, 0.15) is 128 Å². The maximum Gasteiger partial charge on any atom is 0.380 e. The number of amides is 13. The quantitative estimate of drug-likeness (QED) is 0.0234. The maximum atomic E-state index is 14.7. The second kappa shape index (κ2) is 43.6. The first-order valence-corrected chi connectivity index (χ1v) is 36.8. The smallest absolute Gasteiger partial charge is 0.380 e. The Labute approximate surface area is 647 Å². The molecule has 13 amide bonds. The summed E-state index contributed by atoms with van der Waals surface area (Å²) in [5.74, 6) is -21.0. The summed E-state index contributed by atoms with van der Waals surface area (Å²) >= 11 is 0. The Morgan fingerprint density at radius 3 is 1.38 bits per heavy atom. The molecule has 1 saturated heterocycles. The molecule has 1 aliphatic rings. The van der Waals surface area contributed by atoms with Crippen LogP contribution in [0.4, 0.5) is 0 Å². The van der Waals surface area contributed by atoms with Crippen molar-refractivity contribution in [3.05, 3.63) is 95.6 Å². The van der Waals surface area contributed by atoms with Gasteiger partial charge in [0.25, 0.3) is 0 Å². The van der Waals surface area contributed by atoms with Gasteiger partial charge in [-0.05, 0) is 106 Å². The fourth-order valence-electron chi connectivity index (χ4n) is 11.4. The van der Waals surface area contributed by atoms with Gasteiger partial charge in [0.15, 0.2) is 0 Å². The lowest BCUT2D eigenvalue weighted by Crippen LogP contribution is -2.61. The topological polar surface area (TPSA) is 689 Å². The molecule has 0 radical (unpaired) electrons.